The van der Waals surface area contributed by atoms with E-state index in [9.17, 15) is 18.8 Å². The van der Waals surface area contributed by atoms with Gasteiger partial charge in [-0.25, -0.2) is 4.39 Å². The Kier molecular flexibility index (Phi) is 6.69. The number of fused-ring (bicyclic) bond motifs is 1. The number of hydrogen-bond acceptors (Lipinski definition) is 6. The monoisotopic (exact) mass is 495 g/mol. The molecule has 0 saturated heterocycles. The quantitative estimate of drug-likeness (QED) is 0.516. The van der Waals surface area contributed by atoms with Crippen LogP contribution in [-0.4, -0.2) is 30.1 Å². The first-order valence-electron chi connectivity index (χ1n) is 11.2. The molecule has 1 atom stereocenters. The van der Waals surface area contributed by atoms with E-state index in [0.717, 1.165) is 17.0 Å². The Morgan fingerprint density at radius 2 is 1.67 bits per heavy atom. The molecule has 0 unspecified atom stereocenters. The van der Waals surface area contributed by atoms with Crippen molar-refractivity contribution in [3.8, 4) is 11.5 Å². The van der Waals surface area contributed by atoms with Crippen LogP contribution in [0.1, 0.15) is 38.3 Å². The number of nitrogens with one attached hydrogen (secondary N) is 2. The van der Waals surface area contributed by atoms with Crippen LogP contribution in [0.2, 0.25) is 0 Å². The minimum absolute atomic E-state index is 0.00308. The highest BCUT2D eigenvalue weighted by Crippen LogP contribution is 2.38. The third-order valence-electron chi connectivity index (χ3n) is 5.18. The molecule has 1 aromatic heterocycles. The van der Waals surface area contributed by atoms with E-state index in [0.29, 0.717) is 17.3 Å². The van der Waals surface area contributed by atoms with Gasteiger partial charge in [-0.1, -0.05) is 0 Å². The number of carbonyl (C=O) groups is 3. The van der Waals surface area contributed by atoms with Crippen molar-refractivity contribution in [2.45, 2.75) is 39.3 Å². The Hall–Kier alpha value is -4.34. The van der Waals surface area contributed by atoms with E-state index in [-0.39, 0.29) is 23.9 Å². The summed E-state index contributed by atoms with van der Waals surface area (Å²) in [6, 6.07) is 11.5. The summed E-state index contributed by atoms with van der Waals surface area (Å²) in [6.07, 6.45) is 0. The normalized spacial score (nSPS) is 13.1. The van der Waals surface area contributed by atoms with E-state index in [4.69, 9.17) is 13.9 Å². The van der Waals surface area contributed by atoms with Crippen LogP contribution in [0.3, 0.4) is 0 Å². The zero-order valence-corrected chi connectivity index (χ0v) is 20.3. The lowest BCUT2D eigenvalue weighted by atomic mass is 10.1. The molecule has 0 aliphatic carbocycles. The summed E-state index contributed by atoms with van der Waals surface area (Å²) >= 11 is 0. The molecule has 0 spiro atoms. The molecule has 2 N–H and O–H groups in total. The van der Waals surface area contributed by atoms with Crippen molar-refractivity contribution in [2.75, 3.05) is 17.0 Å². The molecule has 10 heteroatoms. The minimum Gasteiger partial charge on any atom is -0.464 e. The first-order chi connectivity index (χ1) is 17.0. The lowest BCUT2D eigenvalue weighted by molar-refractivity contribution is -0.136. The molecule has 0 radical (unpaired) electrons. The summed E-state index contributed by atoms with van der Waals surface area (Å²) in [6.45, 7) is 7.09. The third-order valence-corrected chi connectivity index (χ3v) is 5.18. The van der Waals surface area contributed by atoms with Gasteiger partial charge in [0.1, 0.15) is 17.3 Å². The highest BCUT2D eigenvalue weighted by Gasteiger charge is 2.39. The van der Waals surface area contributed by atoms with E-state index >= 15 is 0 Å². The smallest absolute Gasteiger partial charge is 0.317 e. The Morgan fingerprint density at radius 3 is 2.31 bits per heavy atom. The second-order valence-corrected chi connectivity index (χ2v) is 9.26. The number of furan rings is 1. The number of aryl methyl sites for hydroxylation is 1. The molecule has 0 fully saturated rings. The van der Waals surface area contributed by atoms with Crippen molar-refractivity contribution in [2.24, 2.45) is 0 Å². The highest BCUT2D eigenvalue weighted by molar-refractivity contribution is 6.45. The summed E-state index contributed by atoms with van der Waals surface area (Å²) in [5, 5.41) is 5.31. The van der Waals surface area contributed by atoms with E-state index in [1.807, 2.05) is 0 Å². The predicted octanol–water partition coefficient (Wildman–Crippen LogP) is 4.08. The van der Waals surface area contributed by atoms with Gasteiger partial charge in [-0.15, -0.1) is 0 Å². The Labute approximate surface area is 207 Å². The van der Waals surface area contributed by atoms with Gasteiger partial charge in [0.15, 0.2) is 17.5 Å². The molecule has 0 bridgehead atoms. The average Bonchev–Trinajstić information content (AvgIpc) is 3.45. The summed E-state index contributed by atoms with van der Waals surface area (Å²) < 4.78 is 29.9. The largest absolute Gasteiger partial charge is 0.464 e. The number of benzene rings is 2. The molecule has 1 aliphatic heterocycles. The molecule has 0 saturated carbocycles. The minimum atomic E-state index is -1.33. The van der Waals surface area contributed by atoms with Crippen molar-refractivity contribution in [1.82, 2.24) is 5.32 Å². The number of rotatable bonds is 5. The first kappa shape index (κ1) is 24.8. The summed E-state index contributed by atoms with van der Waals surface area (Å²) in [5.41, 5.74) is -0.219. The molecule has 3 aromatic rings. The fourth-order valence-corrected chi connectivity index (χ4v) is 3.66. The van der Waals surface area contributed by atoms with Crippen LogP contribution >= 0.6 is 0 Å². The Morgan fingerprint density at radius 1 is 0.972 bits per heavy atom. The Balaban J connectivity index is 1.78. The van der Waals surface area contributed by atoms with Gasteiger partial charge >= 0.3 is 11.8 Å². The number of halogens is 1. The van der Waals surface area contributed by atoms with Crippen LogP contribution in [0.4, 0.5) is 15.8 Å². The molecule has 2 heterocycles. The zero-order valence-electron chi connectivity index (χ0n) is 20.3. The number of ether oxygens (including phenoxy) is 2. The van der Waals surface area contributed by atoms with Crippen LogP contribution in [0.25, 0.3) is 0 Å². The lowest BCUT2D eigenvalue weighted by Crippen LogP contribution is -2.51. The molecular weight excluding hydrogens is 469 g/mol. The lowest BCUT2D eigenvalue weighted by Gasteiger charge is -2.32. The van der Waals surface area contributed by atoms with Crippen molar-refractivity contribution >= 4 is 29.1 Å². The number of amides is 3. The van der Waals surface area contributed by atoms with Gasteiger partial charge in [0.2, 0.25) is 6.79 Å². The van der Waals surface area contributed by atoms with Gasteiger partial charge < -0.3 is 24.5 Å². The molecular formula is C26H26FN3O6. The molecule has 9 nitrogen and oxygen atoms in total. The van der Waals surface area contributed by atoms with E-state index < -0.39 is 35.1 Å². The van der Waals surface area contributed by atoms with Gasteiger partial charge in [0.25, 0.3) is 5.91 Å². The highest BCUT2D eigenvalue weighted by atomic mass is 19.1. The molecule has 3 amide bonds. The van der Waals surface area contributed by atoms with E-state index in [1.165, 1.54) is 18.2 Å². The van der Waals surface area contributed by atoms with Crippen LogP contribution in [-0.2, 0) is 14.4 Å². The number of anilines is 2. The number of nitrogens with zero attached hydrogens (tertiary/aromatic N) is 1. The maximum atomic E-state index is 13.7. The van der Waals surface area contributed by atoms with Gasteiger partial charge in [-0.3, -0.25) is 19.3 Å². The maximum absolute atomic E-state index is 13.7. The fraction of sp³-hybridized carbons (Fsp3) is 0.269. The van der Waals surface area contributed by atoms with E-state index in [1.54, 1.807) is 52.0 Å². The van der Waals surface area contributed by atoms with Crippen LogP contribution < -0.4 is 25.0 Å². The summed E-state index contributed by atoms with van der Waals surface area (Å²) in [4.78, 5) is 41.3. The van der Waals surface area contributed by atoms with Gasteiger partial charge in [0, 0.05) is 23.0 Å². The SMILES string of the molecule is Cc1ccc([C@@H](C(=O)NC(C)(C)C)N(C(=O)C(=O)Nc2ccc(F)cc2)c2ccc3c(c2)OCO3)o1. The molecule has 2 aromatic carbocycles. The van der Waals surface area contributed by atoms with Crippen molar-refractivity contribution < 1.29 is 32.7 Å². The van der Waals surface area contributed by atoms with Gasteiger partial charge in [-0.05, 0) is 76.2 Å². The fourth-order valence-electron chi connectivity index (χ4n) is 3.66. The van der Waals surface area contributed by atoms with Gasteiger partial charge in [-0.2, -0.15) is 0 Å². The number of hydrogen-bond donors (Lipinski definition) is 2. The van der Waals surface area contributed by atoms with Crippen molar-refractivity contribution in [3.63, 3.8) is 0 Å². The topological polar surface area (TPSA) is 110 Å². The first-order valence-corrected chi connectivity index (χ1v) is 11.2. The zero-order chi connectivity index (χ0) is 26.0. The molecule has 1 aliphatic rings. The average molecular weight is 496 g/mol. The van der Waals surface area contributed by atoms with Crippen LogP contribution in [0.5, 0.6) is 11.5 Å². The summed E-state index contributed by atoms with van der Waals surface area (Å²) in [5.74, 6) is -1.62. The predicted molar refractivity (Wildman–Crippen MR) is 129 cm³/mol. The van der Waals surface area contributed by atoms with E-state index in [2.05, 4.69) is 10.6 Å². The Bertz CT molecular complexity index is 1300. The molecule has 4 rings (SSSR count). The van der Waals surface area contributed by atoms with Gasteiger partial charge in [0.05, 0.1) is 0 Å². The maximum Gasteiger partial charge on any atom is 0.317 e. The van der Waals surface area contributed by atoms with Crippen LogP contribution in [0, 0.1) is 12.7 Å². The van der Waals surface area contributed by atoms with Crippen LogP contribution in [0.15, 0.2) is 59.0 Å². The second kappa shape index (κ2) is 9.73. The molecule has 188 valence electrons. The molecule has 36 heavy (non-hydrogen) atoms. The second-order valence-electron chi connectivity index (χ2n) is 9.26. The third kappa shape index (κ3) is 5.48. The van der Waals surface area contributed by atoms with Crippen molar-refractivity contribution in [1.29, 1.82) is 0 Å². The standard InChI is InChI=1S/C26H26FN3O6/c1-15-5-11-20(36-15)22(23(31)29-26(2,3)4)30(18-10-12-19-21(13-18)35-14-34-19)25(33)24(32)28-17-8-6-16(27)7-9-17/h5-13,22H,14H2,1-4H3,(H,28,32)(H,29,31)/t22-/m0/s1. The number of carbonyl (C=O) groups excluding carboxylic acids is 3. The summed E-state index contributed by atoms with van der Waals surface area (Å²) in [7, 11) is 0. The van der Waals surface area contributed by atoms with Crippen molar-refractivity contribution in [3.05, 3.63) is 71.9 Å².